The number of ether oxygens (including phenoxy) is 2. The van der Waals surface area contributed by atoms with Gasteiger partial charge in [-0.05, 0) is 54.8 Å². The summed E-state index contributed by atoms with van der Waals surface area (Å²) in [6.07, 6.45) is 1.58. The van der Waals surface area contributed by atoms with Crippen LogP contribution in [0, 0.1) is 6.92 Å². The van der Waals surface area contributed by atoms with Crippen LogP contribution in [0.15, 0.2) is 48.0 Å². The first-order chi connectivity index (χ1) is 15.4. The third-order valence-electron chi connectivity index (χ3n) is 5.52. The standard InChI is InChI=1S/C25H29NO6/c1-4-5-11-26-22(17-7-6-8-19(15-17)32-13-12-27)21(24(29)25(26)30)23(28)20-10-9-18(31-3)14-16(20)2/h6-10,14-15,22,27-28H,4-5,11-13H2,1-3H3/b23-21+. The lowest BCUT2D eigenvalue weighted by atomic mass is 9.93. The molecule has 7 heteroatoms. The van der Waals surface area contributed by atoms with Gasteiger partial charge in [0, 0.05) is 12.1 Å². The van der Waals surface area contributed by atoms with E-state index in [2.05, 4.69) is 0 Å². The molecule has 1 aliphatic heterocycles. The smallest absolute Gasteiger partial charge is 0.295 e. The summed E-state index contributed by atoms with van der Waals surface area (Å²) in [5.41, 5.74) is 1.90. The van der Waals surface area contributed by atoms with E-state index < -0.39 is 17.7 Å². The van der Waals surface area contributed by atoms with Gasteiger partial charge in [-0.15, -0.1) is 0 Å². The minimum absolute atomic E-state index is 0.0543. The summed E-state index contributed by atoms with van der Waals surface area (Å²) in [5, 5.41) is 20.3. The molecule has 2 aromatic rings. The van der Waals surface area contributed by atoms with E-state index in [0.29, 0.717) is 29.2 Å². The Labute approximate surface area is 187 Å². The van der Waals surface area contributed by atoms with Crippen LogP contribution in [-0.4, -0.2) is 53.7 Å². The lowest BCUT2D eigenvalue weighted by Gasteiger charge is -2.25. The summed E-state index contributed by atoms with van der Waals surface area (Å²) in [6.45, 7) is 4.21. The van der Waals surface area contributed by atoms with E-state index in [4.69, 9.17) is 14.6 Å². The second kappa shape index (κ2) is 10.3. The number of aliphatic hydroxyl groups is 2. The number of methoxy groups -OCH3 is 1. The zero-order valence-corrected chi connectivity index (χ0v) is 18.6. The van der Waals surface area contributed by atoms with Gasteiger partial charge in [0.1, 0.15) is 23.9 Å². The monoisotopic (exact) mass is 439 g/mol. The van der Waals surface area contributed by atoms with Crippen LogP contribution in [0.3, 0.4) is 0 Å². The molecular formula is C25H29NO6. The zero-order valence-electron chi connectivity index (χ0n) is 18.6. The molecule has 1 saturated heterocycles. The van der Waals surface area contributed by atoms with Crippen molar-refractivity contribution < 1.29 is 29.3 Å². The minimum atomic E-state index is -0.735. The number of benzene rings is 2. The Bertz CT molecular complexity index is 1030. The quantitative estimate of drug-likeness (QED) is 0.352. The van der Waals surface area contributed by atoms with Crippen LogP contribution in [0.5, 0.6) is 11.5 Å². The Balaban J connectivity index is 2.15. The molecule has 1 amide bonds. The lowest BCUT2D eigenvalue weighted by molar-refractivity contribution is -0.139. The molecule has 1 atom stereocenters. The van der Waals surface area contributed by atoms with Gasteiger partial charge in [0.2, 0.25) is 0 Å². The third kappa shape index (κ3) is 4.62. The van der Waals surface area contributed by atoms with Crippen molar-refractivity contribution in [1.29, 1.82) is 0 Å². The van der Waals surface area contributed by atoms with Crippen LogP contribution in [0.1, 0.15) is 42.5 Å². The zero-order chi connectivity index (χ0) is 23.3. The van der Waals surface area contributed by atoms with E-state index in [1.807, 2.05) is 13.8 Å². The summed E-state index contributed by atoms with van der Waals surface area (Å²) in [7, 11) is 1.55. The first-order valence-corrected chi connectivity index (χ1v) is 10.7. The molecule has 1 heterocycles. The van der Waals surface area contributed by atoms with Crippen molar-refractivity contribution in [1.82, 2.24) is 4.90 Å². The first kappa shape index (κ1) is 23.3. The molecule has 3 rings (SSSR count). The molecule has 0 aliphatic carbocycles. The fraction of sp³-hybridized carbons (Fsp3) is 0.360. The lowest BCUT2D eigenvalue weighted by Crippen LogP contribution is -2.30. The number of aryl methyl sites for hydroxylation is 1. The summed E-state index contributed by atoms with van der Waals surface area (Å²) >= 11 is 0. The van der Waals surface area contributed by atoms with Crippen molar-refractivity contribution in [2.24, 2.45) is 0 Å². The summed E-state index contributed by atoms with van der Waals surface area (Å²) in [5.74, 6) is -0.404. The van der Waals surface area contributed by atoms with Crippen LogP contribution in [0.2, 0.25) is 0 Å². The van der Waals surface area contributed by atoms with Gasteiger partial charge in [-0.3, -0.25) is 9.59 Å². The average molecular weight is 440 g/mol. The van der Waals surface area contributed by atoms with Crippen molar-refractivity contribution in [3.05, 3.63) is 64.7 Å². The molecule has 7 nitrogen and oxygen atoms in total. The highest BCUT2D eigenvalue weighted by atomic mass is 16.5. The van der Waals surface area contributed by atoms with Gasteiger partial charge >= 0.3 is 0 Å². The van der Waals surface area contributed by atoms with Gasteiger partial charge in [-0.2, -0.15) is 0 Å². The second-order valence-corrected chi connectivity index (χ2v) is 7.67. The summed E-state index contributed by atoms with van der Waals surface area (Å²) in [6, 6.07) is 11.5. The van der Waals surface area contributed by atoms with Crippen LogP contribution in [0.4, 0.5) is 0 Å². The molecule has 2 aromatic carbocycles. The predicted octanol–water partition coefficient (Wildman–Crippen LogP) is 3.60. The number of likely N-dealkylation sites (tertiary alicyclic amines) is 1. The SMILES string of the molecule is CCCCN1C(=O)C(=O)/C(=C(/O)c2ccc(OC)cc2C)C1c1cccc(OCCO)c1. The fourth-order valence-electron chi connectivity index (χ4n) is 3.90. The number of hydrogen-bond donors (Lipinski definition) is 2. The van der Waals surface area contributed by atoms with Crippen LogP contribution >= 0.6 is 0 Å². The second-order valence-electron chi connectivity index (χ2n) is 7.67. The van der Waals surface area contributed by atoms with E-state index in [0.717, 1.165) is 18.4 Å². The maximum absolute atomic E-state index is 13.1. The normalized spacial score (nSPS) is 17.6. The Morgan fingerprint density at radius 1 is 1.12 bits per heavy atom. The number of Topliss-reactive ketones (excluding diaryl/α,β-unsaturated/α-hetero) is 1. The number of rotatable bonds is 9. The van der Waals surface area contributed by atoms with Crippen LogP contribution in [-0.2, 0) is 9.59 Å². The van der Waals surface area contributed by atoms with E-state index in [1.165, 1.54) is 4.90 Å². The topological polar surface area (TPSA) is 96.3 Å². The molecule has 0 bridgehead atoms. The molecule has 1 aliphatic rings. The molecule has 170 valence electrons. The number of amides is 1. The minimum Gasteiger partial charge on any atom is -0.507 e. The Morgan fingerprint density at radius 3 is 2.56 bits per heavy atom. The maximum Gasteiger partial charge on any atom is 0.295 e. The number of ketones is 1. The summed E-state index contributed by atoms with van der Waals surface area (Å²) in [4.78, 5) is 27.5. The number of aliphatic hydroxyl groups excluding tert-OH is 2. The largest absolute Gasteiger partial charge is 0.507 e. The molecule has 0 saturated carbocycles. The number of carbonyl (C=O) groups is 2. The van der Waals surface area contributed by atoms with E-state index in [-0.39, 0.29) is 24.5 Å². The predicted molar refractivity (Wildman–Crippen MR) is 121 cm³/mol. The Kier molecular flexibility index (Phi) is 7.53. The van der Waals surface area contributed by atoms with Gasteiger partial charge in [0.15, 0.2) is 0 Å². The van der Waals surface area contributed by atoms with Crippen LogP contribution < -0.4 is 9.47 Å². The molecule has 1 fully saturated rings. The highest BCUT2D eigenvalue weighted by molar-refractivity contribution is 6.46. The average Bonchev–Trinajstić information content (AvgIpc) is 3.05. The van der Waals surface area contributed by atoms with Gasteiger partial charge in [-0.25, -0.2) is 0 Å². The fourth-order valence-corrected chi connectivity index (χ4v) is 3.90. The number of carbonyl (C=O) groups excluding carboxylic acids is 2. The van der Waals surface area contributed by atoms with Crippen molar-refractivity contribution in [2.75, 3.05) is 26.9 Å². The molecule has 0 spiro atoms. The molecule has 32 heavy (non-hydrogen) atoms. The third-order valence-corrected chi connectivity index (χ3v) is 5.52. The van der Waals surface area contributed by atoms with Crippen LogP contribution in [0.25, 0.3) is 5.76 Å². The first-order valence-electron chi connectivity index (χ1n) is 10.7. The van der Waals surface area contributed by atoms with Gasteiger partial charge < -0.3 is 24.6 Å². The number of hydrogen-bond acceptors (Lipinski definition) is 6. The highest BCUT2D eigenvalue weighted by Crippen LogP contribution is 2.41. The van der Waals surface area contributed by atoms with Gasteiger partial charge in [0.25, 0.3) is 11.7 Å². The molecule has 2 N–H and O–H groups in total. The van der Waals surface area contributed by atoms with Gasteiger partial charge in [-0.1, -0.05) is 25.5 Å². The van der Waals surface area contributed by atoms with E-state index in [1.54, 1.807) is 49.6 Å². The molecule has 0 radical (unpaired) electrons. The van der Waals surface area contributed by atoms with Crippen molar-refractivity contribution >= 4 is 17.4 Å². The maximum atomic E-state index is 13.1. The van der Waals surface area contributed by atoms with Crippen molar-refractivity contribution in [3.8, 4) is 11.5 Å². The molecule has 1 unspecified atom stereocenters. The number of unbranched alkanes of at least 4 members (excludes halogenated alkanes) is 1. The Hall–Kier alpha value is -3.32. The van der Waals surface area contributed by atoms with Crippen molar-refractivity contribution in [2.45, 2.75) is 32.7 Å². The Morgan fingerprint density at radius 2 is 1.91 bits per heavy atom. The van der Waals surface area contributed by atoms with Gasteiger partial charge in [0.05, 0.1) is 25.3 Å². The van der Waals surface area contributed by atoms with Crippen molar-refractivity contribution in [3.63, 3.8) is 0 Å². The molecular weight excluding hydrogens is 410 g/mol. The highest BCUT2D eigenvalue weighted by Gasteiger charge is 2.46. The summed E-state index contributed by atoms with van der Waals surface area (Å²) < 4.78 is 10.8. The number of nitrogens with zero attached hydrogens (tertiary/aromatic N) is 1. The molecule has 0 aromatic heterocycles. The van der Waals surface area contributed by atoms with E-state index in [9.17, 15) is 14.7 Å². The van der Waals surface area contributed by atoms with E-state index >= 15 is 0 Å².